The maximum atomic E-state index is 10.9. The molecule has 0 spiro atoms. The predicted molar refractivity (Wildman–Crippen MR) is 65.1 cm³/mol. The maximum absolute atomic E-state index is 10.9. The summed E-state index contributed by atoms with van der Waals surface area (Å²) in [6.07, 6.45) is 6.37. The highest BCUT2D eigenvalue weighted by molar-refractivity contribution is 6.30. The number of hydrogen-bond acceptors (Lipinski definition) is 4. The van der Waals surface area contributed by atoms with Gasteiger partial charge in [-0.2, -0.15) is 0 Å². The van der Waals surface area contributed by atoms with Crippen LogP contribution in [0.3, 0.4) is 0 Å². The van der Waals surface area contributed by atoms with Crippen molar-refractivity contribution < 1.29 is 14.4 Å². The Kier molecular flexibility index (Phi) is 5.05. The average molecular weight is 252 g/mol. The minimum atomic E-state index is -0.425. The Bertz CT molecular complexity index is 477. The minimum Gasteiger partial charge on any atom is -0.426 e. The molecule has 0 aromatic heterocycles. The van der Waals surface area contributed by atoms with Gasteiger partial charge in [0.25, 0.3) is 0 Å². The zero-order chi connectivity index (χ0) is 12.7. The van der Waals surface area contributed by atoms with E-state index in [0.29, 0.717) is 16.3 Å². The lowest BCUT2D eigenvalue weighted by Crippen LogP contribution is -2.03. The molecule has 88 valence electrons. The summed E-state index contributed by atoms with van der Waals surface area (Å²) < 4.78 is 4.97. The van der Waals surface area contributed by atoms with Crippen molar-refractivity contribution in [3.8, 4) is 18.1 Å². The van der Waals surface area contributed by atoms with E-state index in [2.05, 4.69) is 11.1 Å². The van der Waals surface area contributed by atoms with Crippen LogP contribution >= 0.6 is 11.6 Å². The van der Waals surface area contributed by atoms with Gasteiger partial charge in [0.1, 0.15) is 5.75 Å². The van der Waals surface area contributed by atoms with Crippen LogP contribution in [0.15, 0.2) is 23.4 Å². The van der Waals surface area contributed by atoms with E-state index in [4.69, 9.17) is 27.6 Å². The van der Waals surface area contributed by atoms with E-state index < -0.39 is 5.97 Å². The monoisotopic (exact) mass is 251 g/mol. The van der Waals surface area contributed by atoms with Crippen molar-refractivity contribution in [1.29, 1.82) is 0 Å². The molecule has 1 rings (SSSR count). The van der Waals surface area contributed by atoms with Crippen molar-refractivity contribution in [2.45, 2.75) is 6.92 Å². The summed E-state index contributed by atoms with van der Waals surface area (Å²) in [7, 11) is 0. The summed E-state index contributed by atoms with van der Waals surface area (Å²) in [5, 5.41) is 4.12. The van der Waals surface area contributed by atoms with Crippen molar-refractivity contribution in [3.05, 3.63) is 28.8 Å². The minimum absolute atomic E-state index is 0.0694. The number of halogens is 1. The summed E-state index contributed by atoms with van der Waals surface area (Å²) in [6, 6.07) is 4.79. The summed E-state index contributed by atoms with van der Waals surface area (Å²) in [4.78, 5) is 15.6. The number of hydrogen-bond donors (Lipinski definition) is 0. The number of ether oxygens (including phenoxy) is 1. The topological polar surface area (TPSA) is 47.9 Å². The molecule has 4 nitrogen and oxygen atoms in total. The van der Waals surface area contributed by atoms with E-state index in [-0.39, 0.29) is 6.61 Å². The van der Waals surface area contributed by atoms with Crippen LogP contribution in [0.2, 0.25) is 5.02 Å². The molecule has 0 aliphatic heterocycles. The quantitative estimate of drug-likeness (QED) is 0.206. The van der Waals surface area contributed by atoms with E-state index in [9.17, 15) is 4.79 Å². The third-order valence-corrected chi connectivity index (χ3v) is 1.87. The molecule has 1 aromatic rings. The molecule has 0 saturated carbocycles. The molecular formula is C12H10ClNO3. The first-order valence-corrected chi connectivity index (χ1v) is 5.08. The van der Waals surface area contributed by atoms with Crippen LogP contribution in [0.5, 0.6) is 5.75 Å². The van der Waals surface area contributed by atoms with Gasteiger partial charge >= 0.3 is 5.97 Å². The Balaban J connectivity index is 2.87. The Hall–Kier alpha value is -1.99. The van der Waals surface area contributed by atoms with E-state index in [1.54, 1.807) is 18.2 Å². The molecule has 0 heterocycles. The van der Waals surface area contributed by atoms with E-state index in [1.807, 2.05) is 0 Å². The molecule has 0 aliphatic rings. The molecule has 0 atom stereocenters. The lowest BCUT2D eigenvalue weighted by molar-refractivity contribution is -0.131. The normalized spacial score (nSPS) is 9.94. The van der Waals surface area contributed by atoms with Gasteiger partial charge in [0.05, 0.1) is 6.21 Å². The smallest absolute Gasteiger partial charge is 0.308 e. The fourth-order valence-electron chi connectivity index (χ4n) is 1.04. The van der Waals surface area contributed by atoms with E-state index in [0.717, 1.165) is 0 Å². The van der Waals surface area contributed by atoms with Crippen molar-refractivity contribution in [2.75, 3.05) is 6.61 Å². The molecule has 0 N–H and O–H groups in total. The van der Waals surface area contributed by atoms with Crippen LogP contribution in [-0.2, 0) is 9.63 Å². The molecule has 0 amide bonds. The standard InChI is InChI=1S/C12H10ClNO3/c1-3-6-16-14-8-10-7-11(13)4-5-12(10)17-9(2)15/h1,4-5,7-8H,6H2,2H3. The maximum Gasteiger partial charge on any atom is 0.308 e. The molecule has 0 saturated heterocycles. The van der Waals surface area contributed by atoms with Crippen LogP contribution in [0, 0.1) is 12.3 Å². The third kappa shape index (κ3) is 4.58. The van der Waals surface area contributed by atoms with Gasteiger partial charge in [-0.25, -0.2) is 0 Å². The first kappa shape index (κ1) is 13.1. The zero-order valence-corrected chi connectivity index (χ0v) is 9.90. The highest BCUT2D eigenvalue weighted by Crippen LogP contribution is 2.21. The highest BCUT2D eigenvalue weighted by atomic mass is 35.5. The fourth-order valence-corrected chi connectivity index (χ4v) is 1.22. The van der Waals surface area contributed by atoms with Crippen LogP contribution in [0.4, 0.5) is 0 Å². The number of benzene rings is 1. The van der Waals surface area contributed by atoms with Crippen LogP contribution < -0.4 is 4.74 Å². The van der Waals surface area contributed by atoms with Crippen molar-refractivity contribution in [2.24, 2.45) is 5.16 Å². The molecule has 5 heteroatoms. The third-order valence-electron chi connectivity index (χ3n) is 1.64. The van der Waals surface area contributed by atoms with Crippen LogP contribution in [-0.4, -0.2) is 18.8 Å². The zero-order valence-electron chi connectivity index (χ0n) is 9.14. The molecule has 0 unspecified atom stereocenters. The molecule has 0 bridgehead atoms. The molecule has 0 radical (unpaired) electrons. The van der Waals surface area contributed by atoms with Crippen molar-refractivity contribution in [3.63, 3.8) is 0 Å². The number of carbonyl (C=O) groups is 1. The van der Waals surface area contributed by atoms with Gasteiger partial charge in [-0.05, 0) is 18.2 Å². The second kappa shape index (κ2) is 6.56. The Morgan fingerprint density at radius 2 is 2.41 bits per heavy atom. The Morgan fingerprint density at radius 1 is 1.65 bits per heavy atom. The Morgan fingerprint density at radius 3 is 3.06 bits per heavy atom. The molecular weight excluding hydrogens is 242 g/mol. The number of oxime groups is 1. The molecule has 0 aliphatic carbocycles. The second-order valence-corrected chi connectivity index (χ2v) is 3.42. The lowest BCUT2D eigenvalue weighted by Gasteiger charge is -2.05. The van der Waals surface area contributed by atoms with Gasteiger partial charge < -0.3 is 9.57 Å². The van der Waals surface area contributed by atoms with Gasteiger partial charge in [-0.3, -0.25) is 4.79 Å². The number of esters is 1. The second-order valence-electron chi connectivity index (χ2n) is 2.99. The summed E-state index contributed by atoms with van der Waals surface area (Å²) in [5.74, 6) is 2.20. The summed E-state index contributed by atoms with van der Waals surface area (Å²) in [5.41, 5.74) is 0.532. The van der Waals surface area contributed by atoms with E-state index in [1.165, 1.54) is 13.1 Å². The number of nitrogens with zero attached hydrogens (tertiary/aromatic N) is 1. The first-order chi connectivity index (χ1) is 8.13. The Labute approximate surface area is 104 Å². The van der Waals surface area contributed by atoms with E-state index >= 15 is 0 Å². The SMILES string of the molecule is C#CCON=Cc1cc(Cl)ccc1OC(C)=O. The first-order valence-electron chi connectivity index (χ1n) is 4.70. The number of rotatable bonds is 4. The van der Waals surface area contributed by atoms with Crippen molar-refractivity contribution >= 4 is 23.8 Å². The average Bonchev–Trinajstić information content (AvgIpc) is 2.27. The number of carbonyl (C=O) groups excluding carboxylic acids is 1. The largest absolute Gasteiger partial charge is 0.426 e. The van der Waals surface area contributed by atoms with Crippen LogP contribution in [0.25, 0.3) is 0 Å². The molecule has 17 heavy (non-hydrogen) atoms. The van der Waals surface area contributed by atoms with Gasteiger partial charge in [-0.1, -0.05) is 22.7 Å². The highest BCUT2D eigenvalue weighted by Gasteiger charge is 2.05. The molecule has 1 aromatic carbocycles. The van der Waals surface area contributed by atoms with Crippen molar-refractivity contribution in [1.82, 2.24) is 0 Å². The summed E-state index contributed by atoms with van der Waals surface area (Å²) >= 11 is 5.82. The van der Waals surface area contributed by atoms with Gasteiger partial charge in [0.15, 0.2) is 6.61 Å². The summed E-state index contributed by atoms with van der Waals surface area (Å²) in [6.45, 7) is 1.38. The predicted octanol–water partition coefficient (Wildman–Crippen LogP) is 2.25. The lowest BCUT2D eigenvalue weighted by atomic mass is 10.2. The molecule has 0 fully saturated rings. The number of terminal acetylenes is 1. The fraction of sp³-hybridized carbons (Fsp3) is 0.167. The van der Waals surface area contributed by atoms with Gasteiger partial charge in [-0.15, -0.1) is 6.42 Å². The van der Waals surface area contributed by atoms with Crippen LogP contribution in [0.1, 0.15) is 12.5 Å². The van der Waals surface area contributed by atoms with Gasteiger partial charge in [0.2, 0.25) is 0 Å². The van der Waals surface area contributed by atoms with Gasteiger partial charge in [0, 0.05) is 17.5 Å².